The Labute approximate surface area is 147 Å². The summed E-state index contributed by atoms with van der Waals surface area (Å²) in [5.41, 5.74) is 1.59. The molecule has 2 aromatic carbocycles. The fourth-order valence-corrected chi connectivity index (χ4v) is 2.93. The second-order valence-electron chi connectivity index (χ2n) is 4.97. The first-order chi connectivity index (χ1) is 11.0. The molecule has 0 fully saturated rings. The molecule has 0 aliphatic carbocycles. The molecule has 0 saturated heterocycles. The molecule has 3 aromatic rings. The number of benzene rings is 2. The van der Waals surface area contributed by atoms with Gasteiger partial charge in [-0.2, -0.15) is 0 Å². The smallest absolute Gasteiger partial charge is 0.211 e. The molecule has 0 bridgehead atoms. The zero-order valence-electron chi connectivity index (χ0n) is 12.0. The first-order valence-electron chi connectivity index (χ1n) is 6.75. The number of fused-ring (bicyclic) bond motifs is 1. The van der Waals surface area contributed by atoms with Crippen LogP contribution in [0.2, 0.25) is 15.1 Å². The van der Waals surface area contributed by atoms with Crippen LogP contribution in [-0.4, -0.2) is 0 Å². The molecule has 0 unspecified atom stereocenters. The van der Waals surface area contributed by atoms with Crippen molar-refractivity contribution in [2.75, 3.05) is 0 Å². The molecule has 3 rings (SSSR count). The van der Waals surface area contributed by atoms with Gasteiger partial charge >= 0.3 is 0 Å². The molecule has 0 N–H and O–H groups in total. The van der Waals surface area contributed by atoms with Gasteiger partial charge < -0.3 is 9.15 Å². The van der Waals surface area contributed by atoms with E-state index in [4.69, 9.17) is 44.0 Å². The topological polar surface area (TPSA) is 39.4 Å². The summed E-state index contributed by atoms with van der Waals surface area (Å²) >= 11 is 18.0. The van der Waals surface area contributed by atoms with Crippen molar-refractivity contribution in [3.8, 4) is 5.75 Å². The van der Waals surface area contributed by atoms with E-state index in [-0.39, 0.29) is 17.1 Å². The van der Waals surface area contributed by atoms with Crippen LogP contribution in [0.25, 0.3) is 11.0 Å². The van der Waals surface area contributed by atoms with Crippen molar-refractivity contribution in [2.45, 2.75) is 13.5 Å². The molecule has 0 aliphatic rings. The molecular weight excluding hydrogens is 359 g/mol. The number of hydrogen-bond donors (Lipinski definition) is 0. The Morgan fingerprint density at radius 1 is 1.04 bits per heavy atom. The summed E-state index contributed by atoms with van der Waals surface area (Å²) < 4.78 is 11.2. The van der Waals surface area contributed by atoms with Gasteiger partial charge in [-0.1, -0.05) is 40.9 Å². The third-order valence-electron chi connectivity index (χ3n) is 3.53. The monoisotopic (exact) mass is 368 g/mol. The molecule has 0 saturated carbocycles. The van der Waals surface area contributed by atoms with Crippen LogP contribution >= 0.6 is 34.8 Å². The largest absolute Gasteiger partial charge is 0.488 e. The number of aryl methyl sites for hydroxylation is 1. The summed E-state index contributed by atoms with van der Waals surface area (Å²) in [6, 6.07) is 8.61. The lowest BCUT2D eigenvalue weighted by atomic mass is 10.1. The van der Waals surface area contributed by atoms with E-state index < -0.39 is 0 Å². The second-order valence-corrected chi connectivity index (χ2v) is 6.19. The van der Waals surface area contributed by atoms with Gasteiger partial charge in [-0.05, 0) is 31.2 Å². The Balaban J connectivity index is 1.97. The lowest BCUT2D eigenvalue weighted by Crippen LogP contribution is -2.04. The summed E-state index contributed by atoms with van der Waals surface area (Å²) in [5.74, 6) is 0.582. The molecule has 118 valence electrons. The third kappa shape index (κ3) is 3.05. The van der Waals surface area contributed by atoms with E-state index in [0.29, 0.717) is 37.9 Å². The quantitative estimate of drug-likeness (QED) is 0.599. The Morgan fingerprint density at radius 2 is 1.74 bits per heavy atom. The van der Waals surface area contributed by atoms with Crippen molar-refractivity contribution in [3.63, 3.8) is 0 Å². The maximum atomic E-state index is 12.0. The maximum Gasteiger partial charge on any atom is 0.211 e. The van der Waals surface area contributed by atoms with Crippen LogP contribution in [0.15, 0.2) is 45.8 Å². The molecule has 0 amide bonds. The minimum Gasteiger partial charge on any atom is -0.488 e. The normalized spacial score (nSPS) is 11.0. The van der Waals surface area contributed by atoms with E-state index in [1.807, 2.05) is 6.92 Å². The van der Waals surface area contributed by atoms with E-state index in [9.17, 15) is 4.79 Å². The zero-order valence-corrected chi connectivity index (χ0v) is 14.3. The Morgan fingerprint density at radius 3 is 2.43 bits per heavy atom. The van der Waals surface area contributed by atoms with E-state index in [2.05, 4.69) is 0 Å². The Bertz CT molecular complexity index is 927. The van der Waals surface area contributed by atoms with Gasteiger partial charge in [0.2, 0.25) is 5.43 Å². The van der Waals surface area contributed by atoms with Gasteiger partial charge in [0.1, 0.15) is 29.2 Å². The molecule has 1 aromatic heterocycles. The highest BCUT2D eigenvalue weighted by atomic mass is 35.5. The second kappa shape index (κ2) is 6.44. The van der Waals surface area contributed by atoms with E-state index >= 15 is 0 Å². The fourth-order valence-electron chi connectivity index (χ4n) is 2.27. The van der Waals surface area contributed by atoms with Gasteiger partial charge in [-0.25, -0.2) is 0 Å². The van der Waals surface area contributed by atoms with E-state index in [1.54, 1.807) is 30.3 Å². The van der Waals surface area contributed by atoms with Crippen LogP contribution in [0.3, 0.4) is 0 Å². The SMILES string of the molecule is Cc1c(OCc2c(Cl)cccc2Cl)ccc2c(=O)c(Cl)coc12. The average Bonchev–Trinajstić information content (AvgIpc) is 2.52. The first-order valence-corrected chi connectivity index (χ1v) is 7.88. The zero-order chi connectivity index (χ0) is 16.6. The summed E-state index contributed by atoms with van der Waals surface area (Å²) in [6.07, 6.45) is 1.23. The van der Waals surface area contributed by atoms with Crippen LogP contribution in [-0.2, 0) is 6.61 Å². The highest BCUT2D eigenvalue weighted by Gasteiger charge is 2.13. The Hall–Kier alpha value is -1.68. The molecule has 3 nitrogen and oxygen atoms in total. The molecule has 0 radical (unpaired) electrons. The van der Waals surface area contributed by atoms with Gasteiger partial charge in [-0.15, -0.1) is 0 Å². The molecule has 0 spiro atoms. The summed E-state index contributed by atoms with van der Waals surface area (Å²) in [5, 5.41) is 1.54. The standard InChI is InChI=1S/C17H11Cl3O3/c1-9-15(22-7-11-12(18)3-2-4-13(11)19)6-5-10-16(21)14(20)8-23-17(9)10/h2-6,8H,7H2,1H3. The van der Waals surface area contributed by atoms with Gasteiger partial charge in [0.15, 0.2) is 0 Å². The molecule has 23 heavy (non-hydrogen) atoms. The van der Waals surface area contributed by atoms with Crippen LogP contribution in [0, 0.1) is 6.92 Å². The highest BCUT2D eigenvalue weighted by Crippen LogP contribution is 2.30. The van der Waals surface area contributed by atoms with Crippen molar-refractivity contribution >= 4 is 45.8 Å². The number of hydrogen-bond acceptors (Lipinski definition) is 3. The molecule has 0 atom stereocenters. The first kappa shape index (κ1) is 16.2. The van der Waals surface area contributed by atoms with Crippen LogP contribution in [0.4, 0.5) is 0 Å². The summed E-state index contributed by atoms with van der Waals surface area (Å²) in [7, 11) is 0. The molecular formula is C17H11Cl3O3. The fraction of sp³-hybridized carbons (Fsp3) is 0.118. The van der Waals surface area contributed by atoms with Gasteiger partial charge in [-0.3, -0.25) is 4.79 Å². The minimum absolute atomic E-state index is 0.0495. The number of rotatable bonds is 3. The lowest BCUT2D eigenvalue weighted by Gasteiger charge is -2.12. The minimum atomic E-state index is -0.267. The van der Waals surface area contributed by atoms with Gasteiger partial charge in [0.05, 0.1) is 5.39 Å². The van der Waals surface area contributed by atoms with E-state index in [0.717, 1.165) is 0 Å². The van der Waals surface area contributed by atoms with Crippen molar-refractivity contribution in [3.05, 3.63) is 73.0 Å². The van der Waals surface area contributed by atoms with E-state index in [1.165, 1.54) is 6.26 Å². The number of ether oxygens (including phenoxy) is 1. The van der Waals surface area contributed by atoms with Crippen molar-refractivity contribution in [1.82, 2.24) is 0 Å². The van der Waals surface area contributed by atoms with Gasteiger partial charge in [0.25, 0.3) is 0 Å². The van der Waals surface area contributed by atoms with Crippen LogP contribution in [0.1, 0.15) is 11.1 Å². The summed E-state index contributed by atoms with van der Waals surface area (Å²) in [4.78, 5) is 12.0. The van der Waals surface area contributed by atoms with Crippen LogP contribution < -0.4 is 10.2 Å². The summed E-state index contributed by atoms with van der Waals surface area (Å²) in [6.45, 7) is 2.02. The van der Waals surface area contributed by atoms with Crippen molar-refractivity contribution in [1.29, 1.82) is 0 Å². The molecule has 1 heterocycles. The van der Waals surface area contributed by atoms with Crippen molar-refractivity contribution in [2.24, 2.45) is 0 Å². The highest BCUT2D eigenvalue weighted by molar-refractivity contribution is 6.36. The maximum absolute atomic E-state index is 12.0. The average molecular weight is 370 g/mol. The predicted molar refractivity (Wildman–Crippen MR) is 93.0 cm³/mol. The number of halogens is 3. The molecule has 0 aliphatic heterocycles. The Kier molecular flexibility index (Phi) is 4.53. The lowest BCUT2D eigenvalue weighted by molar-refractivity contribution is 0.304. The van der Waals surface area contributed by atoms with Crippen molar-refractivity contribution < 1.29 is 9.15 Å². The van der Waals surface area contributed by atoms with Gasteiger partial charge in [0, 0.05) is 21.2 Å². The van der Waals surface area contributed by atoms with Crippen LogP contribution in [0.5, 0.6) is 5.75 Å². The predicted octanol–water partition coefficient (Wildman–Crippen LogP) is 5.64. The molecule has 6 heteroatoms. The third-order valence-corrected chi connectivity index (χ3v) is 4.50.